The van der Waals surface area contributed by atoms with Crippen LogP contribution in [0.15, 0.2) is 12.2 Å². The van der Waals surface area contributed by atoms with E-state index in [1.54, 1.807) is 0 Å². The van der Waals surface area contributed by atoms with Gasteiger partial charge in [0.25, 0.3) is 0 Å². The SMILES string of the molecule is CCCCCCCCCCC=CC1CCCC(=O)OC1=O. The van der Waals surface area contributed by atoms with Crippen molar-refractivity contribution < 1.29 is 14.3 Å². The molecule has 1 unspecified atom stereocenters. The fourth-order valence-electron chi connectivity index (χ4n) is 2.65. The van der Waals surface area contributed by atoms with Crippen LogP contribution in [0.2, 0.25) is 0 Å². The number of carbonyl (C=O) groups excluding carboxylic acids is 2. The number of unbranched alkanes of at least 4 members (excludes halogenated alkanes) is 8. The highest BCUT2D eigenvalue weighted by Gasteiger charge is 2.23. The van der Waals surface area contributed by atoms with Gasteiger partial charge in [0, 0.05) is 6.42 Å². The minimum atomic E-state index is -0.376. The first kappa shape index (κ1) is 17.9. The van der Waals surface area contributed by atoms with Crippen LogP contribution in [0.5, 0.6) is 0 Å². The van der Waals surface area contributed by atoms with Crippen LogP contribution in [0.1, 0.15) is 84.0 Å². The Morgan fingerprint density at radius 3 is 2.43 bits per heavy atom. The normalized spacial score (nSPS) is 19.8. The minimum absolute atomic E-state index is 0.217. The highest BCUT2D eigenvalue weighted by atomic mass is 16.6. The number of carbonyl (C=O) groups is 2. The predicted molar refractivity (Wildman–Crippen MR) is 84.8 cm³/mol. The van der Waals surface area contributed by atoms with Gasteiger partial charge >= 0.3 is 11.9 Å². The zero-order valence-electron chi connectivity index (χ0n) is 13.4. The van der Waals surface area contributed by atoms with E-state index in [0.29, 0.717) is 6.42 Å². The number of esters is 2. The van der Waals surface area contributed by atoms with Crippen LogP contribution >= 0.6 is 0 Å². The summed E-state index contributed by atoms with van der Waals surface area (Å²) in [6.07, 6.45) is 17.4. The number of allylic oxidation sites excluding steroid dienone is 1. The van der Waals surface area contributed by atoms with Crippen molar-refractivity contribution in [1.82, 2.24) is 0 Å². The maximum Gasteiger partial charge on any atom is 0.320 e. The largest absolute Gasteiger partial charge is 0.393 e. The number of rotatable bonds is 10. The van der Waals surface area contributed by atoms with Crippen molar-refractivity contribution in [1.29, 1.82) is 0 Å². The Morgan fingerprint density at radius 1 is 1.05 bits per heavy atom. The first-order chi connectivity index (χ1) is 10.2. The van der Waals surface area contributed by atoms with Crippen molar-refractivity contribution in [2.75, 3.05) is 0 Å². The maximum absolute atomic E-state index is 11.6. The second kappa shape index (κ2) is 11.5. The quantitative estimate of drug-likeness (QED) is 0.248. The van der Waals surface area contributed by atoms with Gasteiger partial charge in [0.05, 0.1) is 5.92 Å². The van der Waals surface area contributed by atoms with E-state index in [4.69, 9.17) is 4.74 Å². The fraction of sp³-hybridized carbons (Fsp3) is 0.778. The predicted octanol–water partition coefficient (Wildman–Crippen LogP) is 4.94. The Bertz CT molecular complexity index is 333. The lowest BCUT2D eigenvalue weighted by atomic mass is 10.0. The third kappa shape index (κ3) is 8.69. The molecular weight excluding hydrogens is 264 g/mol. The summed E-state index contributed by atoms with van der Waals surface area (Å²) in [5.74, 6) is -0.964. The van der Waals surface area contributed by atoms with Crippen LogP contribution < -0.4 is 0 Å². The Balaban J connectivity index is 2.03. The summed E-state index contributed by atoms with van der Waals surface area (Å²) in [5, 5.41) is 0. The number of cyclic esters (lactones) is 2. The van der Waals surface area contributed by atoms with E-state index in [9.17, 15) is 9.59 Å². The van der Waals surface area contributed by atoms with Gasteiger partial charge < -0.3 is 4.74 Å². The second-order valence-electron chi connectivity index (χ2n) is 5.98. The second-order valence-corrected chi connectivity index (χ2v) is 5.98. The summed E-state index contributed by atoms with van der Waals surface area (Å²) in [4.78, 5) is 22.7. The van der Waals surface area contributed by atoms with Gasteiger partial charge in [-0.3, -0.25) is 9.59 Å². The van der Waals surface area contributed by atoms with Gasteiger partial charge in [-0.05, 0) is 25.7 Å². The van der Waals surface area contributed by atoms with Crippen LogP contribution in [0.3, 0.4) is 0 Å². The van der Waals surface area contributed by atoms with Crippen molar-refractivity contribution in [3.8, 4) is 0 Å². The number of hydrogen-bond donors (Lipinski definition) is 0. The van der Waals surface area contributed by atoms with Crippen molar-refractivity contribution >= 4 is 11.9 Å². The van der Waals surface area contributed by atoms with Gasteiger partial charge in [-0.15, -0.1) is 0 Å². The van der Waals surface area contributed by atoms with E-state index in [1.165, 1.54) is 51.4 Å². The van der Waals surface area contributed by atoms with Gasteiger partial charge in [-0.1, -0.05) is 64.0 Å². The lowest BCUT2D eigenvalue weighted by molar-refractivity contribution is -0.160. The molecular formula is C18H30O3. The molecule has 1 saturated heterocycles. The van der Waals surface area contributed by atoms with Crippen LogP contribution in [-0.2, 0) is 14.3 Å². The zero-order chi connectivity index (χ0) is 15.3. The van der Waals surface area contributed by atoms with E-state index < -0.39 is 0 Å². The summed E-state index contributed by atoms with van der Waals surface area (Å²) in [7, 11) is 0. The van der Waals surface area contributed by atoms with E-state index >= 15 is 0 Å². The molecule has 0 aliphatic carbocycles. The van der Waals surface area contributed by atoms with Crippen molar-refractivity contribution in [3.05, 3.63) is 12.2 Å². The molecule has 0 bridgehead atoms. The molecule has 120 valence electrons. The Labute approximate surface area is 129 Å². The molecule has 1 heterocycles. The first-order valence-corrected chi connectivity index (χ1v) is 8.65. The number of ether oxygens (including phenoxy) is 1. The lowest BCUT2D eigenvalue weighted by Gasteiger charge is -2.05. The van der Waals surface area contributed by atoms with Gasteiger partial charge in [-0.25, -0.2) is 0 Å². The Kier molecular flexibility index (Phi) is 9.84. The summed E-state index contributed by atoms with van der Waals surface area (Å²) in [5.41, 5.74) is 0. The molecule has 0 N–H and O–H groups in total. The summed E-state index contributed by atoms with van der Waals surface area (Å²) in [6, 6.07) is 0. The van der Waals surface area contributed by atoms with Crippen molar-refractivity contribution in [2.24, 2.45) is 5.92 Å². The average molecular weight is 294 g/mol. The molecule has 1 aliphatic heterocycles. The Morgan fingerprint density at radius 2 is 1.71 bits per heavy atom. The maximum atomic E-state index is 11.6. The van der Waals surface area contributed by atoms with Gasteiger partial charge in [0.15, 0.2) is 0 Å². The van der Waals surface area contributed by atoms with E-state index in [0.717, 1.165) is 19.3 Å². The molecule has 3 nitrogen and oxygen atoms in total. The smallest absolute Gasteiger partial charge is 0.320 e. The molecule has 0 saturated carbocycles. The third-order valence-corrected chi connectivity index (χ3v) is 4.01. The molecule has 0 amide bonds. The molecule has 1 aliphatic rings. The molecule has 0 aromatic heterocycles. The Hall–Kier alpha value is -1.12. The van der Waals surface area contributed by atoms with E-state index in [-0.39, 0.29) is 17.9 Å². The monoisotopic (exact) mass is 294 g/mol. The topological polar surface area (TPSA) is 43.4 Å². The molecule has 0 aromatic rings. The minimum Gasteiger partial charge on any atom is -0.393 e. The van der Waals surface area contributed by atoms with Gasteiger partial charge in [0.1, 0.15) is 0 Å². The highest BCUT2D eigenvalue weighted by molar-refractivity contribution is 5.88. The van der Waals surface area contributed by atoms with Crippen molar-refractivity contribution in [2.45, 2.75) is 84.0 Å². The average Bonchev–Trinajstić information content (AvgIpc) is 2.62. The fourth-order valence-corrected chi connectivity index (χ4v) is 2.65. The molecule has 1 rings (SSSR count). The lowest BCUT2D eigenvalue weighted by Crippen LogP contribution is -2.15. The summed E-state index contributed by atoms with van der Waals surface area (Å²) < 4.78 is 4.74. The molecule has 1 atom stereocenters. The van der Waals surface area contributed by atoms with Crippen LogP contribution in [0.25, 0.3) is 0 Å². The molecule has 0 aromatic carbocycles. The molecule has 21 heavy (non-hydrogen) atoms. The molecule has 0 radical (unpaired) electrons. The van der Waals surface area contributed by atoms with E-state index in [1.807, 2.05) is 6.08 Å². The summed E-state index contributed by atoms with van der Waals surface area (Å²) >= 11 is 0. The summed E-state index contributed by atoms with van der Waals surface area (Å²) in [6.45, 7) is 2.24. The van der Waals surface area contributed by atoms with E-state index in [2.05, 4.69) is 13.0 Å². The standard InChI is InChI=1S/C18H30O3/c1-2-3-4-5-6-7-8-9-10-11-13-16-14-12-15-17(19)21-18(16)20/h11,13,16H,2-10,12,14-15H2,1H3. The van der Waals surface area contributed by atoms with Crippen LogP contribution in [-0.4, -0.2) is 11.9 Å². The number of hydrogen-bond acceptors (Lipinski definition) is 3. The van der Waals surface area contributed by atoms with Crippen LogP contribution in [0, 0.1) is 5.92 Å². The van der Waals surface area contributed by atoms with Gasteiger partial charge in [-0.2, -0.15) is 0 Å². The zero-order valence-corrected chi connectivity index (χ0v) is 13.4. The molecule has 3 heteroatoms. The van der Waals surface area contributed by atoms with Gasteiger partial charge in [0.2, 0.25) is 0 Å². The van der Waals surface area contributed by atoms with Crippen molar-refractivity contribution in [3.63, 3.8) is 0 Å². The van der Waals surface area contributed by atoms with Crippen LogP contribution in [0.4, 0.5) is 0 Å². The first-order valence-electron chi connectivity index (χ1n) is 8.65. The molecule has 0 spiro atoms. The molecule has 1 fully saturated rings. The highest BCUT2D eigenvalue weighted by Crippen LogP contribution is 2.18. The third-order valence-electron chi connectivity index (χ3n) is 4.01.